The SMILES string of the molecule is CCCCCCCCC(CCCCCC)COC(=O)CCCCCCCN(CC(O)CCCCCC(=O)OCC(CCCCCC)CCCCCCCC)C(Cn1ccnc1)C(C)C. The third kappa shape index (κ3) is 35.3. The molecule has 0 aliphatic heterocycles. The normalized spacial score (nSPS) is 13.7. The Hall–Kier alpha value is -1.93. The Morgan fingerprint density at radius 1 is 0.547 bits per heavy atom. The Morgan fingerprint density at radius 2 is 0.938 bits per heavy atom. The number of ether oxygens (including phenoxy) is 2. The van der Waals surface area contributed by atoms with E-state index >= 15 is 0 Å². The fraction of sp³-hybridized carbons (Fsp3) is 0.911. The smallest absolute Gasteiger partial charge is 0.305 e. The lowest BCUT2D eigenvalue weighted by Gasteiger charge is -2.36. The largest absolute Gasteiger partial charge is 0.465 e. The summed E-state index contributed by atoms with van der Waals surface area (Å²) in [5.41, 5.74) is 0. The molecule has 0 radical (unpaired) electrons. The van der Waals surface area contributed by atoms with E-state index in [1.807, 2.05) is 18.7 Å². The van der Waals surface area contributed by atoms with E-state index in [4.69, 9.17) is 9.47 Å². The summed E-state index contributed by atoms with van der Waals surface area (Å²) in [6.45, 7) is 17.3. The van der Waals surface area contributed by atoms with Crippen LogP contribution < -0.4 is 0 Å². The number of imidazole rings is 1. The minimum atomic E-state index is -0.404. The molecular weight excluding hydrogens is 795 g/mol. The Morgan fingerprint density at radius 3 is 1.38 bits per heavy atom. The molecule has 1 heterocycles. The molecule has 1 N–H and O–H groups in total. The molecule has 4 unspecified atom stereocenters. The molecular formula is C56H107N3O5. The summed E-state index contributed by atoms with van der Waals surface area (Å²) < 4.78 is 13.9. The van der Waals surface area contributed by atoms with Crippen molar-refractivity contribution in [2.45, 2.75) is 285 Å². The molecule has 0 bridgehead atoms. The molecule has 0 aliphatic carbocycles. The Balaban J connectivity index is 2.49. The Kier molecular flexibility index (Phi) is 41.0. The molecule has 0 saturated heterocycles. The van der Waals surface area contributed by atoms with Gasteiger partial charge in [-0.1, -0.05) is 202 Å². The number of aliphatic hydroxyl groups is 1. The van der Waals surface area contributed by atoms with E-state index < -0.39 is 6.10 Å². The van der Waals surface area contributed by atoms with Gasteiger partial charge in [-0.15, -0.1) is 0 Å². The van der Waals surface area contributed by atoms with Gasteiger partial charge < -0.3 is 19.1 Å². The highest BCUT2D eigenvalue weighted by molar-refractivity contribution is 5.69. The van der Waals surface area contributed by atoms with Gasteiger partial charge in [-0.05, 0) is 75.7 Å². The second kappa shape index (κ2) is 43.6. The van der Waals surface area contributed by atoms with E-state index in [9.17, 15) is 14.7 Å². The van der Waals surface area contributed by atoms with Crippen LogP contribution in [0.4, 0.5) is 0 Å². The van der Waals surface area contributed by atoms with Crippen molar-refractivity contribution in [1.82, 2.24) is 14.5 Å². The zero-order valence-corrected chi connectivity index (χ0v) is 43.3. The van der Waals surface area contributed by atoms with E-state index in [-0.39, 0.29) is 11.9 Å². The van der Waals surface area contributed by atoms with E-state index in [1.54, 1.807) is 0 Å². The van der Waals surface area contributed by atoms with Crippen LogP contribution in [0.2, 0.25) is 0 Å². The molecule has 1 aromatic rings. The van der Waals surface area contributed by atoms with Crippen LogP contribution in [0.25, 0.3) is 0 Å². The van der Waals surface area contributed by atoms with Gasteiger partial charge in [0.2, 0.25) is 0 Å². The van der Waals surface area contributed by atoms with E-state index in [1.165, 1.54) is 154 Å². The molecule has 376 valence electrons. The molecule has 0 aromatic carbocycles. The maximum absolute atomic E-state index is 12.7. The van der Waals surface area contributed by atoms with E-state index in [0.717, 1.165) is 70.9 Å². The fourth-order valence-electron chi connectivity index (χ4n) is 9.39. The number of carbonyl (C=O) groups excluding carboxylic acids is 2. The van der Waals surface area contributed by atoms with Crippen molar-refractivity contribution in [3.63, 3.8) is 0 Å². The summed E-state index contributed by atoms with van der Waals surface area (Å²) in [6, 6.07) is 0.293. The molecule has 8 nitrogen and oxygen atoms in total. The number of aliphatic hydroxyl groups excluding tert-OH is 1. The fourth-order valence-corrected chi connectivity index (χ4v) is 9.39. The molecule has 0 fully saturated rings. The predicted octanol–water partition coefficient (Wildman–Crippen LogP) is 15.6. The number of rotatable bonds is 48. The number of unbranched alkanes of at least 4 members (excludes halogenated alkanes) is 22. The summed E-state index contributed by atoms with van der Waals surface area (Å²) >= 11 is 0. The summed E-state index contributed by atoms with van der Waals surface area (Å²) in [4.78, 5) is 32.3. The molecule has 8 heteroatoms. The van der Waals surface area contributed by atoms with E-state index in [0.29, 0.717) is 56.4 Å². The molecule has 1 rings (SSSR count). The van der Waals surface area contributed by atoms with Crippen molar-refractivity contribution in [1.29, 1.82) is 0 Å². The first-order valence-electron chi connectivity index (χ1n) is 27.9. The monoisotopic (exact) mass is 902 g/mol. The maximum Gasteiger partial charge on any atom is 0.305 e. The van der Waals surface area contributed by atoms with Crippen molar-refractivity contribution in [3.8, 4) is 0 Å². The second-order valence-electron chi connectivity index (χ2n) is 20.2. The zero-order valence-electron chi connectivity index (χ0n) is 43.3. The molecule has 64 heavy (non-hydrogen) atoms. The number of nitrogens with zero attached hydrogens (tertiary/aromatic N) is 3. The van der Waals surface area contributed by atoms with Gasteiger partial charge in [0.05, 0.1) is 25.6 Å². The van der Waals surface area contributed by atoms with Crippen molar-refractivity contribution < 1.29 is 24.2 Å². The quantitative estimate of drug-likeness (QED) is 0.0514. The molecule has 0 spiro atoms. The van der Waals surface area contributed by atoms with Crippen LogP contribution in [-0.4, -0.2) is 69.9 Å². The summed E-state index contributed by atoms with van der Waals surface area (Å²) in [5, 5.41) is 11.3. The van der Waals surface area contributed by atoms with Gasteiger partial charge in [0.1, 0.15) is 0 Å². The molecule has 0 saturated carbocycles. The van der Waals surface area contributed by atoms with Gasteiger partial charge in [-0.25, -0.2) is 4.98 Å². The van der Waals surface area contributed by atoms with Crippen LogP contribution in [0, 0.1) is 17.8 Å². The molecule has 0 amide bonds. The summed E-state index contributed by atoms with van der Waals surface area (Å²) in [5.74, 6) is 1.37. The van der Waals surface area contributed by atoms with Crippen LogP contribution in [0.3, 0.4) is 0 Å². The molecule has 1 aromatic heterocycles. The minimum absolute atomic E-state index is 0.0170. The third-order valence-corrected chi connectivity index (χ3v) is 13.7. The average molecular weight is 902 g/mol. The number of esters is 2. The first-order chi connectivity index (χ1) is 31.2. The lowest BCUT2D eigenvalue weighted by Crippen LogP contribution is -2.46. The van der Waals surface area contributed by atoms with Gasteiger partial charge in [-0.3, -0.25) is 14.5 Å². The third-order valence-electron chi connectivity index (χ3n) is 13.7. The van der Waals surface area contributed by atoms with Crippen molar-refractivity contribution in [2.75, 3.05) is 26.3 Å². The number of carbonyl (C=O) groups is 2. The van der Waals surface area contributed by atoms with Gasteiger partial charge >= 0.3 is 11.9 Å². The highest BCUT2D eigenvalue weighted by Crippen LogP contribution is 2.23. The van der Waals surface area contributed by atoms with Crippen molar-refractivity contribution >= 4 is 11.9 Å². The van der Waals surface area contributed by atoms with Crippen LogP contribution in [0.5, 0.6) is 0 Å². The van der Waals surface area contributed by atoms with Crippen molar-refractivity contribution in [3.05, 3.63) is 18.7 Å². The van der Waals surface area contributed by atoms with Gasteiger partial charge in [0, 0.05) is 44.4 Å². The van der Waals surface area contributed by atoms with Crippen LogP contribution in [0.1, 0.15) is 266 Å². The minimum Gasteiger partial charge on any atom is -0.465 e. The first-order valence-corrected chi connectivity index (χ1v) is 27.9. The van der Waals surface area contributed by atoms with E-state index in [2.05, 4.69) is 56.0 Å². The van der Waals surface area contributed by atoms with Crippen molar-refractivity contribution in [2.24, 2.45) is 17.8 Å². The highest BCUT2D eigenvalue weighted by Gasteiger charge is 2.24. The summed E-state index contributed by atoms with van der Waals surface area (Å²) in [7, 11) is 0. The standard InChI is InChI=1S/C56H107N3O5/c1-7-11-15-19-22-29-37-51(35-27-17-13-9-3)47-63-55(61)40-32-24-21-25-34-43-59(54(50(5)6)46-58-44-42-57-49-58)45-53(60)39-31-26-33-41-56(62)64-48-52(36-28-18-14-10-4)38-30-23-20-16-12-8-2/h42,44,49-54,60H,7-41,43,45-48H2,1-6H3. The zero-order chi connectivity index (χ0) is 46.7. The van der Waals surface area contributed by atoms with Crippen LogP contribution in [-0.2, 0) is 25.6 Å². The lowest BCUT2D eigenvalue weighted by molar-refractivity contribution is -0.146. The van der Waals surface area contributed by atoms with Crippen LogP contribution >= 0.6 is 0 Å². The van der Waals surface area contributed by atoms with Crippen LogP contribution in [0.15, 0.2) is 18.7 Å². The highest BCUT2D eigenvalue weighted by atomic mass is 16.5. The second-order valence-corrected chi connectivity index (χ2v) is 20.2. The average Bonchev–Trinajstić information content (AvgIpc) is 3.81. The van der Waals surface area contributed by atoms with Gasteiger partial charge in [-0.2, -0.15) is 0 Å². The first kappa shape index (κ1) is 60.1. The Labute approximate surface area is 397 Å². The van der Waals surface area contributed by atoms with Gasteiger partial charge in [0.25, 0.3) is 0 Å². The molecule has 0 aliphatic rings. The summed E-state index contributed by atoms with van der Waals surface area (Å²) in [6.07, 6.45) is 45.6. The number of hydrogen-bond acceptors (Lipinski definition) is 7. The Bertz CT molecular complexity index is 1150. The predicted molar refractivity (Wildman–Crippen MR) is 272 cm³/mol. The van der Waals surface area contributed by atoms with Gasteiger partial charge in [0.15, 0.2) is 0 Å². The number of hydrogen-bond donors (Lipinski definition) is 1. The molecule has 4 atom stereocenters. The maximum atomic E-state index is 12.7. The topological polar surface area (TPSA) is 93.9 Å². The lowest BCUT2D eigenvalue weighted by atomic mass is 9.95. The number of aromatic nitrogens is 2.